The first-order valence-corrected chi connectivity index (χ1v) is 12.7. The second-order valence-electron chi connectivity index (χ2n) is 8.98. The molecule has 2 aromatic carbocycles. The van der Waals surface area contributed by atoms with E-state index >= 15 is 0 Å². The minimum atomic E-state index is -0.980. The molecule has 2 aliphatic heterocycles. The SMILES string of the molecule is C=C(F)C(=O)N1CCN(c2nc(=O)n3c4c(c(-c5ccc(F)cc5)c(C)cc24)SC[C@@H](OC)C3)CC1. The monoisotopic (exact) mass is 512 g/mol. The summed E-state index contributed by atoms with van der Waals surface area (Å²) in [5, 5.41) is 0.826. The molecule has 1 fully saturated rings. The summed E-state index contributed by atoms with van der Waals surface area (Å²) in [5.41, 5.74) is 3.18. The molecule has 0 unspecified atom stereocenters. The predicted octanol–water partition coefficient (Wildman–Crippen LogP) is 3.76. The van der Waals surface area contributed by atoms with Gasteiger partial charge in [-0.2, -0.15) is 4.98 Å². The van der Waals surface area contributed by atoms with Gasteiger partial charge in [-0.15, -0.1) is 11.8 Å². The number of anilines is 1. The first kappa shape index (κ1) is 24.5. The molecule has 1 saturated heterocycles. The van der Waals surface area contributed by atoms with Gasteiger partial charge in [-0.25, -0.2) is 13.6 Å². The number of halogens is 2. The number of piperazine rings is 1. The molecule has 3 heterocycles. The summed E-state index contributed by atoms with van der Waals surface area (Å²) < 4.78 is 34.3. The van der Waals surface area contributed by atoms with Crippen LogP contribution in [0.3, 0.4) is 0 Å². The number of aryl methyl sites for hydroxylation is 1. The van der Waals surface area contributed by atoms with Gasteiger partial charge in [0.25, 0.3) is 5.91 Å². The highest BCUT2D eigenvalue weighted by atomic mass is 32.2. The number of hydrogen-bond acceptors (Lipinski definition) is 6. The molecule has 5 rings (SSSR count). The molecular weight excluding hydrogens is 486 g/mol. The van der Waals surface area contributed by atoms with E-state index in [4.69, 9.17) is 4.74 Å². The Morgan fingerprint density at radius 1 is 1.19 bits per heavy atom. The Morgan fingerprint density at radius 3 is 2.53 bits per heavy atom. The largest absolute Gasteiger partial charge is 0.379 e. The van der Waals surface area contributed by atoms with E-state index < -0.39 is 11.7 Å². The van der Waals surface area contributed by atoms with Crippen molar-refractivity contribution >= 4 is 34.4 Å². The minimum absolute atomic E-state index is 0.180. The van der Waals surface area contributed by atoms with Gasteiger partial charge in [0, 0.05) is 54.9 Å². The molecular formula is C26H26F2N4O3S. The van der Waals surface area contributed by atoms with Crippen LogP contribution < -0.4 is 10.6 Å². The molecule has 10 heteroatoms. The molecule has 36 heavy (non-hydrogen) atoms. The van der Waals surface area contributed by atoms with Gasteiger partial charge >= 0.3 is 5.69 Å². The Balaban J connectivity index is 1.67. The molecule has 0 aliphatic carbocycles. The molecule has 2 aliphatic rings. The van der Waals surface area contributed by atoms with Crippen LogP contribution in [-0.2, 0) is 16.1 Å². The van der Waals surface area contributed by atoms with Crippen molar-refractivity contribution < 1.29 is 18.3 Å². The third-order valence-corrected chi connectivity index (χ3v) is 7.98. The number of benzene rings is 2. The number of rotatable bonds is 4. The molecule has 1 aromatic heterocycles. The smallest absolute Gasteiger partial charge is 0.350 e. The maximum Gasteiger partial charge on any atom is 0.350 e. The number of carbonyl (C=O) groups excluding carboxylic acids is 1. The summed E-state index contributed by atoms with van der Waals surface area (Å²) in [6.07, 6.45) is -0.180. The van der Waals surface area contributed by atoms with Gasteiger partial charge in [-0.1, -0.05) is 18.7 Å². The Hall–Kier alpha value is -3.24. The van der Waals surface area contributed by atoms with Crippen LogP contribution in [0.15, 0.2) is 52.4 Å². The van der Waals surface area contributed by atoms with Crippen LogP contribution in [0.25, 0.3) is 22.0 Å². The quantitative estimate of drug-likeness (QED) is 0.496. The number of methoxy groups -OCH3 is 1. The summed E-state index contributed by atoms with van der Waals surface area (Å²) in [6.45, 7) is 6.88. The standard InChI is InChI=1S/C26H26F2N4O3S/c1-15-12-20-22-23(21(15)17-4-6-18(28)7-5-17)36-14-19(35-3)13-32(22)26(34)29-24(20)30-8-10-31(11-9-30)25(33)16(2)27/h4-7,12,19H,2,8-11,13-14H2,1,3H3/t19-/m0/s1. The van der Waals surface area contributed by atoms with Crippen molar-refractivity contribution in [3.63, 3.8) is 0 Å². The van der Waals surface area contributed by atoms with Crippen LogP contribution in [-0.4, -0.2) is 65.5 Å². The number of amides is 1. The number of thioether (sulfide) groups is 1. The molecule has 1 amide bonds. The van der Waals surface area contributed by atoms with E-state index in [9.17, 15) is 18.4 Å². The van der Waals surface area contributed by atoms with Crippen LogP contribution in [0.4, 0.5) is 14.6 Å². The van der Waals surface area contributed by atoms with Crippen molar-refractivity contribution in [2.45, 2.75) is 24.5 Å². The van der Waals surface area contributed by atoms with Gasteiger partial charge in [-0.05, 0) is 36.2 Å². The highest BCUT2D eigenvalue weighted by molar-refractivity contribution is 7.99. The van der Waals surface area contributed by atoms with Crippen molar-refractivity contribution in [1.29, 1.82) is 0 Å². The van der Waals surface area contributed by atoms with Crippen molar-refractivity contribution in [2.75, 3.05) is 43.9 Å². The van der Waals surface area contributed by atoms with Crippen LogP contribution in [0.2, 0.25) is 0 Å². The summed E-state index contributed by atoms with van der Waals surface area (Å²) >= 11 is 1.62. The van der Waals surface area contributed by atoms with E-state index in [0.717, 1.165) is 32.5 Å². The first-order chi connectivity index (χ1) is 17.3. The number of nitrogens with zero attached hydrogens (tertiary/aromatic N) is 4. The zero-order chi connectivity index (χ0) is 25.6. The fourth-order valence-electron chi connectivity index (χ4n) is 4.92. The van der Waals surface area contributed by atoms with E-state index in [0.29, 0.717) is 44.3 Å². The van der Waals surface area contributed by atoms with Crippen LogP contribution in [0, 0.1) is 12.7 Å². The molecule has 0 bridgehead atoms. The molecule has 0 N–H and O–H groups in total. The molecule has 0 saturated carbocycles. The van der Waals surface area contributed by atoms with Crippen LogP contribution in [0.5, 0.6) is 0 Å². The van der Waals surface area contributed by atoms with E-state index in [1.165, 1.54) is 17.0 Å². The Labute approximate surface area is 211 Å². The van der Waals surface area contributed by atoms with E-state index in [-0.39, 0.29) is 17.6 Å². The maximum atomic E-state index is 13.7. The third kappa shape index (κ3) is 4.28. The first-order valence-electron chi connectivity index (χ1n) is 11.7. The molecule has 1 atom stereocenters. The maximum absolute atomic E-state index is 13.7. The van der Waals surface area contributed by atoms with Gasteiger partial charge in [0.15, 0.2) is 5.83 Å². The van der Waals surface area contributed by atoms with Crippen molar-refractivity contribution in [2.24, 2.45) is 0 Å². The third-order valence-electron chi connectivity index (χ3n) is 6.76. The molecule has 0 radical (unpaired) electrons. The van der Waals surface area contributed by atoms with Gasteiger partial charge in [0.1, 0.15) is 11.6 Å². The normalized spacial score (nSPS) is 17.8. The molecule has 0 spiro atoms. The minimum Gasteiger partial charge on any atom is -0.379 e. The second kappa shape index (κ2) is 9.67. The molecule has 188 valence electrons. The van der Waals surface area contributed by atoms with Gasteiger partial charge < -0.3 is 14.5 Å². The Bertz CT molecular complexity index is 1420. The highest BCUT2D eigenvalue weighted by Crippen LogP contribution is 2.43. The molecule has 3 aromatic rings. The van der Waals surface area contributed by atoms with Crippen molar-refractivity contribution in [3.05, 3.63) is 64.6 Å². The van der Waals surface area contributed by atoms with E-state index in [1.807, 2.05) is 17.9 Å². The summed E-state index contributed by atoms with van der Waals surface area (Å²) in [4.78, 5) is 34.1. The summed E-state index contributed by atoms with van der Waals surface area (Å²) in [5.74, 6) is -0.811. The van der Waals surface area contributed by atoms with Crippen LogP contribution >= 0.6 is 11.8 Å². The predicted molar refractivity (Wildman–Crippen MR) is 137 cm³/mol. The lowest BCUT2D eigenvalue weighted by Gasteiger charge is -2.35. The van der Waals surface area contributed by atoms with Gasteiger partial charge in [0.2, 0.25) is 0 Å². The summed E-state index contributed by atoms with van der Waals surface area (Å²) in [6, 6.07) is 8.38. The fraction of sp³-hybridized carbons (Fsp3) is 0.346. The Morgan fingerprint density at radius 2 is 1.89 bits per heavy atom. The number of ether oxygens (including phenoxy) is 1. The lowest BCUT2D eigenvalue weighted by Crippen LogP contribution is -2.49. The van der Waals surface area contributed by atoms with E-state index in [1.54, 1.807) is 35.6 Å². The Kier molecular flexibility index (Phi) is 6.57. The second-order valence-corrected chi connectivity index (χ2v) is 10.0. The fourth-order valence-corrected chi connectivity index (χ4v) is 6.29. The van der Waals surface area contributed by atoms with Crippen molar-refractivity contribution in [3.8, 4) is 11.1 Å². The van der Waals surface area contributed by atoms with Crippen LogP contribution in [0.1, 0.15) is 5.56 Å². The topological polar surface area (TPSA) is 67.7 Å². The lowest BCUT2D eigenvalue weighted by molar-refractivity contribution is -0.128. The van der Waals surface area contributed by atoms with Gasteiger partial charge in [0.05, 0.1) is 18.2 Å². The van der Waals surface area contributed by atoms with Crippen molar-refractivity contribution in [1.82, 2.24) is 14.5 Å². The number of hydrogen-bond donors (Lipinski definition) is 0. The lowest BCUT2D eigenvalue weighted by atomic mass is 9.97. The van der Waals surface area contributed by atoms with Gasteiger partial charge in [-0.3, -0.25) is 9.36 Å². The average molecular weight is 513 g/mol. The number of aromatic nitrogens is 2. The number of carbonyl (C=O) groups is 1. The zero-order valence-corrected chi connectivity index (χ0v) is 20.9. The highest BCUT2D eigenvalue weighted by Gasteiger charge is 2.29. The molecule has 7 nitrogen and oxygen atoms in total. The van der Waals surface area contributed by atoms with E-state index in [2.05, 4.69) is 11.6 Å². The summed E-state index contributed by atoms with van der Waals surface area (Å²) in [7, 11) is 1.63. The average Bonchev–Trinajstić information content (AvgIpc) is 3.07. The zero-order valence-electron chi connectivity index (χ0n) is 20.1.